The van der Waals surface area contributed by atoms with Crippen LogP contribution in [0.1, 0.15) is 28.4 Å². The molecule has 0 bridgehead atoms. The van der Waals surface area contributed by atoms with Crippen LogP contribution in [0.2, 0.25) is 0 Å². The highest BCUT2D eigenvalue weighted by molar-refractivity contribution is 9.11. The van der Waals surface area contributed by atoms with Crippen LogP contribution in [0.3, 0.4) is 0 Å². The average Bonchev–Trinajstić information content (AvgIpc) is 2.31. The second-order valence-corrected chi connectivity index (χ2v) is 6.43. The van der Waals surface area contributed by atoms with E-state index < -0.39 is 0 Å². The summed E-state index contributed by atoms with van der Waals surface area (Å²) in [5.74, 6) is 0. The van der Waals surface area contributed by atoms with Crippen molar-refractivity contribution in [2.75, 3.05) is 7.05 Å². The van der Waals surface area contributed by atoms with Gasteiger partial charge in [0.2, 0.25) is 0 Å². The van der Waals surface area contributed by atoms with Gasteiger partial charge in [-0.25, -0.2) is 0 Å². The Morgan fingerprint density at radius 2 is 1.68 bits per heavy atom. The zero-order valence-corrected chi connectivity index (χ0v) is 14.3. The number of hydrogen-bond acceptors (Lipinski definition) is 2. The molecule has 1 atom stereocenters. The van der Waals surface area contributed by atoms with Crippen molar-refractivity contribution in [3.8, 4) is 0 Å². The van der Waals surface area contributed by atoms with Gasteiger partial charge in [0, 0.05) is 15.1 Å². The zero-order chi connectivity index (χ0) is 14.0. The third kappa shape index (κ3) is 3.44. The summed E-state index contributed by atoms with van der Waals surface area (Å²) in [6, 6.07) is 8.69. The molecule has 0 radical (unpaired) electrons. The van der Waals surface area contributed by atoms with Gasteiger partial charge in [-0.3, -0.25) is 4.98 Å². The molecule has 2 rings (SSSR count). The number of nitrogens with one attached hydrogen (secondary N) is 1. The van der Waals surface area contributed by atoms with Crippen LogP contribution in [0.25, 0.3) is 0 Å². The van der Waals surface area contributed by atoms with Gasteiger partial charge >= 0.3 is 0 Å². The van der Waals surface area contributed by atoms with Crippen LogP contribution in [0, 0.1) is 13.8 Å². The molecule has 1 aromatic heterocycles. The fourth-order valence-corrected chi connectivity index (χ4v) is 3.49. The van der Waals surface area contributed by atoms with Crippen molar-refractivity contribution in [3.05, 3.63) is 61.8 Å². The quantitative estimate of drug-likeness (QED) is 0.841. The average molecular weight is 384 g/mol. The molecule has 0 saturated carbocycles. The number of rotatable bonds is 3. The Kier molecular flexibility index (Phi) is 4.76. The Morgan fingerprint density at radius 3 is 2.21 bits per heavy atom. The summed E-state index contributed by atoms with van der Waals surface area (Å²) < 4.78 is 1.97. The summed E-state index contributed by atoms with van der Waals surface area (Å²) in [5, 5.41) is 3.34. The van der Waals surface area contributed by atoms with Gasteiger partial charge < -0.3 is 5.32 Å². The van der Waals surface area contributed by atoms with Crippen molar-refractivity contribution in [1.82, 2.24) is 10.3 Å². The van der Waals surface area contributed by atoms with Gasteiger partial charge in [0.25, 0.3) is 0 Å². The minimum absolute atomic E-state index is 0.0843. The first kappa shape index (κ1) is 14.7. The minimum atomic E-state index is 0.0843. The van der Waals surface area contributed by atoms with E-state index >= 15 is 0 Å². The molecule has 1 aromatic carbocycles. The number of hydrogen-bond donors (Lipinski definition) is 1. The second-order valence-electron chi connectivity index (χ2n) is 4.66. The van der Waals surface area contributed by atoms with Crippen LogP contribution in [0.15, 0.2) is 39.4 Å². The standard InChI is InChI=1S/C15H16Br2N2/c1-9-4-10(2)6-11(5-9)14(18-3)15-13(17)7-12(16)8-19-15/h4-8,14,18H,1-3H3. The van der Waals surface area contributed by atoms with Crippen molar-refractivity contribution in [3.63, 3.8) is 0 Å². The maximum atomic E-state index is 4.53. The molecule has 1 heterocycles. The van der Waals surface area contributed by atoms with E-state index in [2.05, 4.69) is 74.2 Å². The van der Waals surface area contributed by atoms with Gasteiger partial charge in [0.05, 0.1) is 11.7 Å². The predicted molar refractivity (Wildman–Crippen MR) is 86.5 cm³/mol. The van der Waals surface area contributed by atoms with E-state index in [-0.39, 0.29) is 6.04 Å². The van der Waals surface area contributed by atoms with Crippen LogP contribution in [0.4, 0.5) is 0 Å². The molecule has 0 spiro atoms. The number of benzene rings is 1. The highest BCUT2D eigenvalue weighted by Crippen LogP contribution is 2.29. The molecular weight excluding hydrogens is 368 g/mol. The highest BCUT2D eigenvalue weighted by atomic mass is 79.9. The van der Waals surface area contributed by atoms with Crippen molar-refractivity contribution >= 4 is 31.9 Å². The highest BCUT2D eigenvalue weighted by Gasteiger charge is 2.17. The molecular formula is C15H16Br2N2. The summed E-state index contributed by atoms with van der Waals surface area (Å²) in [4.78, 5) is 4.53. The molecule has 0 fully saturated rings. The van der Waals surface area contributed by atoms with Crippen LogP contribution in [-0.4, -0.2) is 12.0 Å². The summed E-state index contributed by atoms with van der Waals surface area (Å²) in [6.07, 6.45) is 1.83. The monoisotopic (exact) mass is 382 g/mol. The molecule has 1 unspecified atom stereocenters. The summed E-state index contributed by atoms with van der Waals surface area (Å²) in [5.41, 5.74) is 4.76. The predicted octanol–water partition coefficient (Wildman–Crippen LogP) is 4.53. The van der Waals surface area contributed by atoms with Crippen molar-refractivity contribution in [2.24, 2.45) is 0 Å². The first-order valence-corrected chi connectivity index (χ1v) is 7.66. The van der Waals surface area contributed by atoms with E-state index in [1.807, 2.05) is 19.3 Å². The third-order valence-electron chi connectivity index (χ3n) is 2.98. The van der Waals surface area contributed by atoms with Gasteiger partial charge in [-0.2, -0.15) is 0 Å². The number of aryl methyl sites for hydroxylation is 2. The number of aromatic nitrogens is 1. The SMILES string of the molecule is CNC(c1cc(C)cc(C)c1)c1ncc(Br)cc1Br. The molecule has 0 amide bonds. The fraction of sp³-hybridized carbons (Fsp3) is 0.267. The zero-order valence-electron chi connectivity index (χ0n) is 11.2. The topological polar surface area (TPSA) is 24.9 Å². The lowest BCUT2D eigenvalue weighted by Gasteiger charge is -2.19. The molecule has 0 aliphatic heterocycles. The molecule has 100 valence electrons. The number of halogens is 2. The Labute approximate surface area is 130 Å². The largest absolute Gasteiger partial charge is 0.308 e. The Balaban J connectivity index is 2.49. The number of pyridine rings is 1. The van der Waals surface area contributed by atoms with Gasteiger partial charge in [0.1, 0.15) is 0 Å². The maximum absolute atomic E-state index is 4.53. The number of nitrogens with zero attached hydrogens (tertiary/aromatic N) is 1. The maximum Gasteiger partial charge on any atom is 0.0761 e. The van der Waals surface area contributed by atoms with E-state index in [1.165, 1.54) is 16.7 Å². The Bertz CT molecular complexity index is 576. The van der Waals surface area contributed by atoms with Crippen LogP contribution >= 0.6 is 31.9 Å². The van der Waals surface area contributed by atoms with Gasteiger partial charge in [-0.15, -0.1) is 0 Å². The van der Waals surface area contributed by atoms with Crippen molar-refractivity contribution in [1.29, 1.82) is 0 Å². The van der Waals surface area contributed by atoms with E-state index in [0.717, 1.165) is 14.6 Å². The fourth-order valence-electron chi connectivity index (χ4n) is 2.28. The minimum Gasteiger partial charge on any atom is -0.308 e. The third-order valence-corrected chi connectivity index (χ3v) is 4.04. The molecule has 2 nitrogen and oxygen atoms in total. The van der Waals surface area contributed by atoms with Crippen molar-refractivity contribution in [2.45, 2.75) is 19.9 Å². The molecule has 4 heteroatoms. The van der Waals surface area contributed by atoms with E-state index in [0.29, 0.717) is 0 Å². The smallest absolute Gasteiger partial charge is 0.0761 e. The van der Waals surface area contributed by atoms with Gasteiger partial charge in [0.15, 0.2) is 0 Å². The van der Waals surface area contributed by atoms with Crippen LogP contribution in [-0.2, 0) is 0 Å². The van der Waals surface area contributed by atoms with Crippen LogP contribution < -0.4 is 5.32 Å². The summed E-state index contributed by atoms with van der Waals surface area (Å²) in [6.45, 7) is 4.24. The molecule has 2 aromatic rings. The summed E-state index contributed by atoms with van der Waals surface area (Å²) >= 11 is 7.02. The second kappa shape index (κ2) is 6.16. The summed E-state index contributed by atoms with van der Waals surface area (Å²) in [7, 11) is 1.96. The van der Waals surface area contributed by atoms with Gasteiger partial charge in [-0.1, -0.05) is 29.3 Å². The van der Waals surface area contributed by atoms with E-state index in [1.54, 1.807) is 0 Å². The Morgan fingerprint density at radius 1 is 1.05 bits per heavy atom. The molecule has 0 aliphatic carbocycles. The first-order valence-electron chi connectivity index (χ1n) is 6.07. The van der Waals surface area contributed by atoms with Crippen LogP contribution in [0.5, 0.6) is 0 Å². The first-order chi connectivity index (χ1) is 9.01. The lowest BCUT2D eigenvalue weighted by atomic mass is 9.99. The molecule has 19 heavy (non-hydrogen) atoms. The van der Waals surface area contributed by atoms with Gasteiger partial charge in [-0.05, 0) is 64.4 Å². The van der Waals surface area contributed by atoms with Crippen molar-refractivity contribution < 1.29 is 0 Å². The lowest BCUT2D eigenvalue weighted by Crippen LogP contribution is -2.19. The molecule has 1 N–H and O–H groups in total. The molecule has 0 saturated heterocycles. The van der Waals surface area contributed by atoms with E-state index in [4.69, 9.17) is 0 Å². The molecule has 0 aliphatic rings. The normalized spacial score (nSPS) is 12.5. The Hall–Kier alpha value is -0.710. The van der Waals surface area contributed by atoms with E-state index in [9.17, 15) is 0 Å². The lowest BCUT2D eigenvalue weighted by molar-refractivity contribution is 0.666.